The van der Waals surface area contributed by atoms with E-state index in [9.17, 15) is 4.39 Å². The first-order chi connectivity index (χ1) is 7.29. The molecule has 1 N–H and O–H groups in total. The fraction of sp³-hybridized carbons (Fsp3) is 0.200. The summed E-state index contributed by atoms with van der Waals surface area (Å²) in [6.45, 7) is 0.630. The molecule has 15 heavy (non-hydrogen) atoms. The fourth-order valence-corrected chi connectivity index (χ4v) is 1.22. The molecular formula is C10H10FN3O. The Labute approximate surface area is 86.1 Å². The lowest BCUT2D eigenvalue weighted by molar-refractivity contribution is 0.420. The van der Waals surface area contributed by atoms with Gasteiger partial charge >= 0.3 is 0 Å². The number of pyridine rings is 1. The molecule has 4 nitrogen and oxygen atoms in total. The van der Waals surface area contributed by atoms with Crippen molar-refractivity contribution in [2.24, 2.45) is 0 Å². The normalized spacial score (nSPS) is 10.5. The van der Waals surface area contributed by atoms with Crippen LogP contribution in [-0.2, 0) is 6.54 Å². The second-order valence-electron chi connectivity index (χ2n) is 3.07. The van der Waals surface area contributed by atoms with E-state index in [4.69, 9.17) is 4.52 Å². The highest BCUT2D eigenvalue weighted by Gasteiger charge is 2.07. The van der Waals surface area contributed by atoms with Crippen LogP contribution in [0.2, 0.25) is 0 Å². The number of nitrogens with one attached hydrogen (secondary N) is 1. The second kappa shape index (κ2) is 4.18. The molecule has 78 valence electrons. The van der Waals surface area contributed by atoms with Crippen LogP contribution in [0.15, 0.2) is 28.9 Å². The van der Waals surface area contributed by atoms with Crippen LogP contribution in [-0.4, -0.2) is 17.2 Å². The van der Waals surface area contributed by atoms with Crippen LogP contribution < -0.4 is 5.32 Å². The molecule has 0 aliphatic rings. The van der Waals surface area contributed by atoms with E-state index in [-0.39, 0.29) is 5.82 Å². The van der Waals surface area contributed by atoms with Gasteiger partial charge in [-0.3, -0.25) is 0 Å². The third kappa shape index (κ3) is 2.19. The van der Waals surface area contributed by atoms with Crippen molar-refractivity contribution in [2.45, 2.75) is 6.54 Å². The number of hydrogen-bond donors (Lipinski definition) is 1. The van der Waals surface area contributed by atoms with Crippen LogP contribution in [0.25, 0.3) is 11.5 Å². The number of halogens is 1. The highest BCUT2D eigenvalue weighted by Crippen LogP contribution is 2.17. The van der Waals surface area contributed by atoms with E-state index in [0.717, 1.165) is 11.9 Å². The van der Waals surface area contributed by atoms with Crippen molar-refractivity contribution >= 4 is 0 Å². The van der Waals surface area contributed by atoms with Gasteiger partial charge in [-0.25, -0.2) is 9.37 Å². The summed E-state index contributed by atoms with van der Waals surface area (Å²) >= 11 is 0. The van der Waals surface area contributed by atoms with E-state index >= 15 is 0 Å². The van der Waals surface area contributed by atoms with Crippen molar-refractivity contribution in [1.29, 1.82) is 0 Å². The average molecular weight is 207 g/mol. The predicted molar refractivity (Wildman–Crippen MR) is 52.5 cm³/mol. The topological polar surface area (TPSA) is 51.0 Å². The Morgan fingerprint density at radius 1 is 1.47 bits per heavy atom. The van der Waals surface area contributed by atoms with Gasteiger partial charge in [0.05, 0.1) is 11.9 Å². The summed E-state index contributed by atoms with van der Waals surface area (Å²) in [5, 5.41) is 6.79. The Hall–Kier alpha value is -1.75. The van der Waals surface area contributed by atoms with Gasteiger partial charge in [0.15, 0.2) is 5.76 Å². The van der Waals surface area contributed by atoms with Gasteiger partial charge in [0.2, 0.25) is 0 Å². The van der Waals surface area contributed by atoms with Gasteiger partial charge in [-0.15, -0.1) is 0 Å². The number of hydrogen-bond acceptors (Lipinski definition) is 4. The molecule has 0 atom stereocenters. The monoisotopic (exact) mass is 207 g/mol. The molecule has 0 aromatic carbocycles. The van der Waals surface area contributed by atoms with Gasteiger partial charge in [0.25, 0.3) is 0 Å². The molecular weight excluding hydrogens is 197 g/mol. The van der Waals surface area contributed by atoms with Crippen molar-refractivity contribution < 1.29 is 8.91 Å². The maximum atomic E-state index is 12.6. The molecule has 0 amide bonds. The minimum absolute atomic E-state index is 0.367. The van der Waals surface area contributed by atoms with E-state index in [1.165, 1.54) is 6.07 Å². The summed E-state index contributed by atoms with van der Waals surface area (Å²) in [4.78, 5) is 3.89. The molecule has 0 fully saturated rings. The summed E-state index contributed by atoms with van der Waals surface area (Å²) in [6.07, 6.45) is 1.15. The minimum Gasteiger partial charge on any atom is -0.354 e. The zero-order valence-corrected chi connectivity index (χ0v) is 8.20. The lowest BCUT2D eigenvalue weighted by Crippen LogP contribution is -2.04. The maximum absolute atomic E-state index is 12.6. The molecule has 0 saturated heterocycles. The average Bonchev–Trinajstić information content (AvgIpc) is 2.68. The van der Waals surface area contributed by atoms with Crippen LogP contribution in [0, 0.1) is 5.82 Å². The summed E-state index contributed by atoms with van der Waals surface area (Å²) in [7, 11) is 1.82. The third-order valence-electron chi connectivity index (χ3n) is 1.90. The molecule has 0 bridgehead atoms. The van der Waals surface area contributed by atoms with Gasteiger partial charge in [-0.1, -0.05) is 5.16 Å². The summed E-state index contributed by atoms with van der Waals surface area (Å²) in [6, 6.07) is 4.67. The van der Waals surface area contributed by atoms with Crippen LogP contribution in [0.4, 0.5) is 4.39 Å². The van der Waals surface area contributed by atoms with Gasteiger partial charge in [-0.05, 0) is 19.2 Å². The SMILES string of the molecule is CNCc1cc(-c2ccc(F)cn2)on1. The Balaban J connectivity index is 2.25. The second-order valence-corrected chi connectivity index (χ2v) is 3.07. The van der Waals surface area contributed by atoms with Crippen molar-refractivity contribution in [1.82, 2.24) is 15.5 Å². The molecule has 5 heteroatoms. The standard InChI is InChI=1S/C10H10FN3O/c1-12-6-8-4-10(15-14-8)9-3-2-7(11)5-13-9/h2-5,12H,6H2,1H3. The van der Waals surface area contributed by atoms with E-state index in [0.29, 0.717) is 18.0 Å². The molecule has 2 aromatic rings. The van der Waals surface area contributed by atoms with Crippen LogP contribution >= 0.6 is 0 Å². The molecule has 2 rings (SSSR count). The minimum atomic E-state index is -0.367. The predicted octanol–water partition coefficient (Wildman–Crippen LogP) is 1.60. The molecule has 0 aliphatic carbocycles. The Kier molecular flexibility index (Phi) is 2.73. The van der Waals surface area contributed by atoms with E-state index in [1.54, 1.807) is 12.1 Å². The van der Waals surface area contributed by atoms with Gasteiger partial charge < -0.3 is 9.84 Å². The lowest BCUT2D eigenvalue weighted by atomic mass is 10.2. The third-order valence-corrected chi connectivity index (χ3v) is 1.90. The van der Waals surface area contributed by atoms with Crippen molar-refractivity contribution in [3.63, 3.8) is 0 Å². The molecule has 0 aliphatic heterocycles. The molecule has 2 aromatic heterocycles. The molecule has 0 saturated carbocycles. The summed E-state index contributed by atoms with van der Waals surface area (Å²) in [5.41, 5.74) is 1.37. The zero-order valence-electron chi connectivity index (χ0n) is 8.20. The van der Waals surface area contributed by atoms with Gasteiger partial charge in [0.1, 0.15) is 11.5 Å². The number of nitrogens with zero attached hydrogens (tertiary/aromatic N) is 2. The Morgan fingerprint density at radius 3 is 3.00 bits per heavy atom. The van der Waals surface area contributed by atoms with Gasteiger partial charge in [-0.2, -0.15) is 0 Å². The largest absolute Gasteiger partial charge is 0.354 e. The molecule has 2 heterocycles. The zero-order chi connectivity index (χ0) is 10.7. The first-order valence-corrected chi connectivity index (χ1v) is 4.51. The Morgan fingerprint density at radius 2 is 2.33 bits per heavy atom. The van der Waals surface area contributed by atoms with E-state index < -0.39 is 0 Å². The molecule has 0 spiro atoms. The summed E-state index contributed by atoms with van der Waals surface area (Å²) in [5.74, 6) is 0.175. The summed E-state index contributed by atoms with van der Waals surface area (Å²) < 4.78 is 17.7. The van der Waals surface area contributed by atoms with Gasteiger partial charge in [0, 0.05) is 12.6 Å². The Bertz CT molecular complexity index is 438. The highest BCUT2D eigenvalue weighted by molar-refractivity contribution is 5.51. The highest BCUT2D eigenvalue weighted by atomic mass is 19.1. The maximum Gasteiger partial charge on any atom is 0.185 e. The quantitative estimate of drug-likeness (QED) is 0.830. The fourth-order valence-electron chi connectivity index (χ4n) is 1.22. The number of rotatable bonds is 3. The first kappa shape index (κ1) is 9.79. The number of aromatic nitrogens is 2. The lowest BCUT2D eigenvalue weighted by Gasteiger charge is -1.92. The van der Waals surface area contributed by atoms with Crippen LogP contribution in [0.3, 0.4) is 0 Å². The van der Waals surface area contributed by atoms with Crippen LogP contribution in [0.5, 0.6) is 0 Å². The van der Waals surface area contributed by atoms with E-state index in [2.05, 4.69) is 15.5 Å². The molecule has 0 unspecified atom stereocenters. The van der Waals surface area contributed by atoms with Crippen LogP contribution in [0.1, 0.15) is 5.69 Å². The molecule has 0 radical (unpaired) electrons. The van der Waals surface area contributed by atoms with Crippen molar-refractivity contribution in [3.8, 4) is 11.5 Å². The van der Waals surface area contributed by atoms with E-state index in [1.807, 2.05) is 7.05 Å². The van der Waals surface area contributed by atoms with Crippen molar-refractivity contribution in [3.05, 3.63) is 35.9 Å². The smallest absolute Gasteiger partial charge is 0.185 e. The van der Waals surface area contributed by atoms with Crippen molar-refractivity contribution in [2.75, 3.05) is 7.05 Å². The first-order valence-electron chi connectivity index (χ1n) is 4.51.